The Morgan fingerprint density at radius 1 is 1.00 bits per heavy atom. The molecule has 0 aliphatic rings. The molecule has 0 atom stereocenters. The number of nitrogens with zero attached hydrogens (tertiary/aromatic N) is 2. The molecule has 0 aromatic heterocycles. The molecule has 0 radical (unpaired) electrons. The van der Waals surface area contributed by atoms with Crippen LogP contribution in [0.5, 0.6) is 0 Å². The van der Waals surface area contributed by atoms with Crippen molar-refractivity contribution in [2.45, 2.75) is 33.7 Å². The van der Waals surface area contributed by atoms with Crippen LogP contribution in [-0.2, 0) is 6.54 Å². The molecular weight excluding hydrogens is 319 g/mol. The van der Waals surface area contributed by atoms with Gasteiger partial charge in [-0.3, -0.25) is 4.90 Å². The third kappa shape index (κ3) is 5.90. The number of rotatable bonds is 9. The van der Waals surface area contributed by atoms with Crippen LogP contribution in [0.4, 0.5) is 4.39 Å². The van der Waals surface area contributed by atoms with Gasteiger partial charge in [0.25, 0.3) is 0 Å². The van der Waals surface area contributed by atoms with Crippen LogP contribution >= 0.6 is 15.9 Å². The van der Waals surface area contributed by atoms with Gasteiger partial charge in [-0.1, -0.05) is 42.8 Å². The van der Waals surface area contributed by atoms with Gasteiger partial charge in [0.15, 0.2) is 0 Å². The van der Waals surface area contributed by atoms with Crippen LogP contribution in [0.25, 0.3) is 0 Å². The lowest BCUT2D eigenvalue weighted by molar-refractivity contribution is 0.238. The molecule has 4 heteroatoms. The maximum absolute atomic E-state index is 13.1. The average molecular weight is 345 g/mol. The Balaban J connectivity index is 2.46. The van der Waals surface area contributed by atoms with Crippen molar-refractivity contribution in [3.63, 3.8) is 0 Å². The fourth-order valence-corrected chi connectivity index (χ4v) is 2.77. The first-order valence-corrected chi connectivity index (χ1v) is 8.28. The van der Waals surface area contributed by atoms with Crippen LogP contribution in [0, 0.1) is 5.82 Å². The van der Waals surface area contributed by atoms with Crippen molar-refractivity contribution in [3.8, 4) is 0 Å². The number of benzene rings is 1. The SMILES string of the molecule is CCN(CC)CCCN(CC)Cc1ccc(F)cc1Br. The quantitative estimate of drug-likeness (QED) is 0.664. The molecule has 0 aliphatic heterocycles. The first-order chi connectivity index (χ1) is 9.60. The van der Waals surface area contributed by atoms with Gasteiger partial charge >= 0.3 is 0 Å². The normalized spacial score (nSPS) is 11.6. The molecule has 0 heterocycles. The zero-order valence-corrected chi connectivity index (χ0v) is 14.4. The minimum absolute atomic E-state index is 0.190. The highest BCUT2D eigenvalue weighted by Crippen LogP contribution is 2.19. The summed E-state index contributed by atoms with van der Waals surface area (Å²) in [5, 5.41) is 0. The van der Waals surface area contributed by atoms with Crippen LogP contribution in [0.2, 0.25) is 0 Å². The van der Waals surface area contributed by atoms with Gasteiger partial charge in [-0.15, -0.1) is 0 Å². The van der Waals surface area contributed by atoms with E-state index >= 15 is 0 Å². The van der Waals surface area contributed by atoms with Gasteiger partial charge in [0.1, 0.15) is 5.82 Å². The van der Waals surface area contributed by atoms with E-state index in [1.54, 1.807) is 6.07 Å². The van der Waals surface area contributed by atoms with Crippen molar-refractivity contribution in [1.29, 1.82) is 0 Å². The van der Waals surface area contributed by atoms with Crippen molar-refractivity contribution in [2.24, 2.45) is 0 Å². The number of halogens is 2. The summed E-state index contributed by atoms with van der Waals surface area (Å²) in [4.78, 5) is 4.85. The average Bonchev–Trinajstić information content (AvgIpc) is 2.44. The molecule has 114 valence electrons. The van der Waals surface area contributed by atoms with Gasteiger partial charge in [-0.2, -0.15) is 0 Å². The zero-order chi connectivity index (χ0) is 15.0. The molecule has 0 aliphatic carbocycles. The van der Waals surface area contributed by atoms with Gasteiger partial charge in [-0.25, -0.2) is 4.39 Å². The van der Waals surface area contributed by atoms with Crippen molar-refractivity contribution >= 4 is 15.9 Å². The zero-order valence-electron chi connectivity index (χ0n) is 12.8. The van der Waals surface area contributed by atoms with E-state index in [1.807, 2.05) is 6.07 Å². The van der Waals surface area contributed by atoms with Crippen molar-refractivity contribution in [2.75, 3.05) is 32.7 Å². The number of hydrogen-bond donors (Lipinski definition) is 0. The Bertz CT molecular complexity index is 394. The molecule has 0 bridgehead atoms. The van der Waals surface area contributed by atoms with E-state index in [0.29, 0.717) is 0 Å². The second-order valence-corrected chi connectivity index (χ2v) is 5.84. The molecule has 0 N–H and O–H groups in total. The monoisotopic (exact) mass is 344 g/mol. The predicted octanol–water partition coefficient (Wildman–Crippen LogP) is 4.14. The van der Waals surface area contributed by atoms with E-state index in [1.165, 1.54) is 12.5 Å². The van der Waals surface area contributed by atoms with E-state index < -0.39 is 0 Å². The minimum atomic E-state index is -0.190. The van der Waals surface area contributed by atoms with Crippen LogP contribution in [0.1, 0.15) is 32.8 Å². The molecule has 2 nitrogen and oxygen atoms in total. The predicted molar refractivity (Wildman–Crippen MR) is 87.5 cm³/mol. The van der Waals surface area contributed by atoms with Gasteiger partial charge in [0.05, 0.1) is 0 Å². The molecule has 1 aromatic carbocycles. The van der Waals surface area contributed by atoms with Crippen molar-refractivity contribution in [1.82, 2.24) is 9.80 Å². The van der Waals surface area contributed by atoms with E-state index in [0.717, 1.165) is 49.3 Å². The van der Waals surface area contributed by atoms with Gasteiger partial charge in [0, 0.05) is 11.0 Å². The fraction of sp³-hybridized carbons (Fsp3) is 0.625. The van der Waals surface area contributed by atoms with E-state index in [-0.39, 0.29) is 5.82 Å². The summed E-state index contributed by atoms with van der Waals surface area (Å²) in [6, 6.07) is 4.94. The summed E-state index contributed by atoms with van der Waals surface area (Å²) in [5.74, 6) is -0.190. The third-order valence-electron chi connectivity index (χ3n) is 3.70. The summed E-state index contributed by atoms with van der Waals surface area (Å²) < 4.78 is 13.9. The maximum Gasteiger partial charge on any atom is 0.124 e. The van der Waals surface area contributed by atoms with Crippen LogP contribution in [0.3, 0.4) is 0 Å². The molecule has 1 aromatic rings. The highest BCUT2D eigenvalue weighted by Gasteiger charge is 2.08. The summed E-state index contributed by atoms with van der Waals surface area (Å²) >= 11 is 3.44. The van der Waals surface area contributed by atoms with Crippen molar-refractivity contribution in [3.05, 3.63) is 34.1 Å². The highest BCUT2D eigenvalue weighted by atomic mass is 79.9. The lowest BCUT2D eigenvalue weighted by Gasteiger charge is -2.23. The van der Waals surface area contributed by atoms with Gasteiger partial charge in [-0.05, 0) is 56.8 Å². The standard InChI is InChI=1S/C16H26BrFN2/c1-4-19(5-2)10-7-11-20(6-3)13-14-8-9-15(18)12-16(14)17/h8-9,12H,4-7,10-11,13H2,1-3H3. The summed E-state index contributed by atoms with van der Waals surface area (Å²) in [5.41, 5.74) is 1.15. The first-order valence-electron chi connectivity index (χ1n) is 7.49. The molecule has 0 fully saturated rings. The van der Waals surface area contributed by atoms with Gasteiger partial charge < -0.3 is 4.90 Å². The van der Waals surface area contributed by atoms with Gasteiger partial charge in [0.2, 0.25) is 0 Å². The molecule has 20 heavy (non-hydrogen) atoms. The Kier molecular flexibility index (Phi) is 8.34. The minimum Gasteiger partial charge on any atom is -0.304 e. The lowest BCUT2D eigenvalue weighted by Crippen LogP contribution is -2.29. The molecule has 0 saturated carbocycles. The highest BCUT2D eigenvalue weighted by molar-refractivity contribution is 9.10. The second kappa shape index (κ2) is 9.48. The Morgan fingerprint density at radius 2 is 1.60 bits per heavy atom. The van der Waals surface area contributed by atoms with Crippen molar-refractivity contribution < 1.29 is 4.39 Å². The summed E-state index contributed by atoms with van der Waals surface area (Å²) in [6.07, 6.45) is 1.17. The molecule has 1 rings (SSSR count). The molecule has 0 spiro atoms. The summed E-state index contributed by atoms with van der Waals surface area (Å²) in [7, 11) is 0. The Labute approximate surface area is 131 Å². The van der Waals surface area contributed by atoms with E-state index in [4.69, 9.17) is 0 Å². The van der Waals surface area contributed by atoms with E-state index in [2.05, 4.69) is 46.5 Å². The Morgan fingerprint density at radius 3 is 2.15 bits per heavy atom. The maximum atomic E-state index is 13.1. The fourth-order valence-electron chi connectivity index (χ4n) is 2.30. The molecule has 0 saturated heterocycles. The topological polar surface area (TPSA) is 6.48 Å². The second-order valence-electron chi connectivity index (χ2n) is 4.98. The summed E-state index contributed by atoms with van der Waals surface area (Å²) in [6.45, 7) is 12.9. The Hall–Kier alpha value is -0.450. The number of hydrogen-bond acceptors (Lipinski definition) is 2. The smallest absolute Gasteiger partial charge is 0.124 e. The largest absolute Gasteiger partial charge is 0.304 e. The first kappa shape index (κ1) is 17.6. The molecule has 0 amide bonds. The third-order valence-corrected chi connectivity index (χ3v) is 4.44. The van der Waals surface area contributed by atoms with Crippen LogP contribution < -0.4 is 0 Å². The van der Waals surface area contributed by atoms with Crippen LogP contribution in [-0.4, -0.2) is 42.5 Å². The molecule has 0 unspecified atom stereocenters. The van der Waals surface area contributed by atoms with E-state index in [9.17, 15) is 4.39 Å². The lowest BCUT2D eigenvalue weighted by atomic mass is 10.2. The molecular formula is C16H26BrFN2. The van der Waals surface area contributed by atoms with Crippen LogP contribution in [0.15, 0.2) is 22.7 Å².